The molecule has 2 nitrogen and oxygen atoms in total. The molecule has 0 atom stereocenters. The zero-order valence-corrected chi connectivity index (χ0v) is 10.1. The summed E-state index contributed by atoms with van der Waals surface area (Å²) in [7, 11) is 0. The maximum absolute atomic E-state index is 13.6. The third kappa shape index (κ3) is 3.04. The van der Waals surface area contributed by atoms with Crippen molar-refractivity contribution in [1.82, 2.24) is 0 Å². The predicted molar refractivity (Wildman–Crippen MR) is 62.2 cm³/mol. The fourth-order valence-electron chi connectivity index (χ4n) is 1.56. The van der Waals surface area contributed by atoms with E-state index in [1.807, 2.05) is 0 Å². The molecule has 2 aromatic carbocycles. The number of hydrogen-bond donors (Lipinski definition) is 1. The Morgan fingerprint density at radius 3 is 1.90 bits per heavy atom. The number of nitrogens with two attached hydrogens (primary N) is 1. The largest absolute Gasteiger partial charge is 0.446 e. The predicted octanol–water partition coefficient (Wildman–Crippen LogP) is 4.50. The quantitative estimate of drug-likeness (QED) is 0.655. The van der Waals surface area contributed by atoms with Gasteiger partial charge in [-0.2, -0.15) is 13.2 Å². The van der Waals surface area contributed by atoms with Gasteiger partial charge in [0.2, 0.25) is 0 Å². The molecule has 0 radical (unpaired) electrons. The lowest BCUT2D eigenvalue weighted by Crippen LogP contribution is -2.07. The molecule has 21 heavy (non-hydrogen) atoms. The standard InChI is InChI=1S/C13H7F6NO/c14-7-2-1-3-10(20)12(7)21-11-8(15)4-6(5-9(11)16)13(17,18)19/h1-5H,20H2. The summed E-state index contributed by atoms with van der Waals surface area (Å²) in [6.45, 7) is 0. The first-order valence-electron chi connectivity index (χ1n) is 5.48. The SMILES string of the molecule is Nc1cccc(F)c1Oc1c(F)cc(C(F)(F)F)cc1F. The average Bonchev–Trinajstić information content (AvgIpc) is 2.35. The van der Waals surface area contributed by atoms with Gasteiger partial charge < -0.3 is 10.5 Å². The minimum absolute atomic E-state index is 0.0510. The molecule has 0 unspecified atom stereocenters. The molecule has 2 N–H and O–H groups in total. The molecule has 0 aliphatic rings. The normalized spacial score (nSPS) is 11.5. The van der Waals surface area contributed by atoms with Crippen LogP contribution < -0.4 is 10.5 Å². The Morgan fingerprint density at radius 1 is 0.857 bits per heavy atom. The Morgan fingerprint density at radius 2 is 1.43 bits per heavy atom. The molecule has 0 bridgehead atoms. The van der Waals surface area contributed by atoms with Gasteiger partial charge in [-0.1, -0.05) is 6.07 Å². The molecule has 2 aromatic rings. The number of benzene rings is 2. The fourth-order valence-corrected chi connectivity index (χ4v) is 1.56. The van der Waals surface area contributed by atoms with Crippen LogP contribution in [0.4, 0.5) is 32.0 Å². The summed E-state index contributed by atoms with van der Waals surface area (Å²) < 4.78 is 82.4. The summed E-state index contributed by atoms with van der Waals surface area (Å²) >= 11 is 0. The van der Waals surface area contributed by atoms with Gasteiger partial charge in [-0.15, -0.1) is 0 Å². The highest BCUT2D eigenvalue weighted by molar-refractivity contribution is 5.54. The van der Waals surface area contributed by atoms with E-state index in [-0.39, 0.29) is 17.8 Å². The van der Waals surface area contributed by atoms with Crippen LogP contribution in [0.2, 0.25) is 0 Å². The topological polar surface area (TPSA) is 35.2 Å². The second kappa shape index (κ2) is 5.19. The highest BCUT2D eigenvalue weighted by atomic mass is 19.4. The molecule has 0 aromatic heterocycles. The van der Waals surface area contributed by atoms with Crippen LogP contribution in [0.3, 0.4) is 0 Å². The van der Waals surface area contributed by atoms with E-state index >= 15 is 0 Å². The molecule has 2 rings (SSSR count). The minimum Gasteiger partial charge on any atom is -0.446 e. The van der Waals surface area contributed by atoms with Crippen LogP contribution in [-0.2, 0) is 6.18 Å². The molecule has 0 saturated heterocycles. The van der Waals surface area contributed by atoms with Gasteiger partial charge in [0.15, 0.2) is 29.0 Å². The third-order valence-electron chi connectivity index (χ3n) is 2.53. The first-order chi connectivity index (χ1) is 9.70. The van der Waals surface area contributed by atoms with Gasteiger partial charge in [0.05, 0.1) is 11.3 Å². The second-order valence-corrected chi connectivity index (χ2v) is 4.03. The van der Waals surface area contributed by atoms with Crippen molar-refractivity contribution < 1.29 is 31.1 Å². The monoisotopic (exact) mass is 307 g/mol. The van der Waals surface area contributed by atoms with Crippen molar-refractivity contribution in [3.63, 3.8) is 0 Å². The van der Waals surface area contributed by atoms with Crippen LogP contribution >= 0.6 is 0 Å². The van der Waals surface area contributed by atoms with Gasteiger partial charge in [-0.25, -0.2) is 13.2 Å². The van der Waals surface area contributed by atoms with Crippen molar-refractivity contribution in [2.45, 2.75) is 6.18 Å². The molecule has 112 valence electrons. The lowest BCUT2D eigenvalue weighted by molar-refractivity contribution is -0.138. The molecular weight excluding hydrogens is 300 g/mol. The van der Waals surface area contributed by atoms with Gasteiger partial charge in [-0.3, -0.25) is 0 Å². The summed E-state index contributed by atoms with van der Waals surface area (Å²) in [4.78, 5) is 0. The van der Waals surface area contributed by atoms with Gasteiger partial charge in [-0.05, 0) is 24.3 Å². The molecule has 8 heteroatoms. The van der Waals surface area contributed by atoms with Crippen molar-refractivity contribution in [3.05, 3.63) is 53.3 Å². The molecule has 0 heterocycles. The van der Waals surface area contributed by atoms with Crippen LogP contribution in [0.15, 0.2) is 30.3 Å². The second-order valence-electron chi connectivity index (χ2n) is 4.03. The zero-order valence-electron chi connectivity index (χ0n) is 10.1. The number of rotatable bonds is 2. The summed E-state index contributed by atoms with van der Waals surface area (Å²) in [5.41, 5.74) is 3.60. The van der Waals surface area contributed by atoms with E-state index in [1.54, 1.807) is 0 Å². The van der Waals surface area contributed by atoms with Crippen molar-refractivity contribution in [3.8, 4) is 11.5 Å². The summed E-state index contributed by atoms with van der Waals surface area (Å²) in [6, 6.07) is 3.46. The lowest BCUT2D eigenvalue weighted by Gasteiger charge is -2.13. The van der Waals surface area contributed by atoms with Crippen molar-refractivity contribution in [2.24, 2.45) is 0 Å². The summed E-state index contributed by atoms with van der Waals surface area (Å²) in [5.74, 6) is -6.08. The van der Waals surface area contributed by atoms with Crippen LogP contribution in [-0.4, -0.2) is 0 Å². The number of alkyl halides is 3. The van der Waals surface area contributed by atoms with E-state index in [0.717, 1.165) is 6.07 Å². The summed E-state index contributed by atoms with van der Waals surface area (Å²) in [6.07, 6.45) is -4.92. The van der Waals surface area contributed by atoms with E-state index in [0.29, 0.717) is 0 Å². The van der Waals surface area contributed by atoms with Crippen molar-refractivity contribution >= 4 is 5.69 Å². The van der Waals surface area contributed by atoms with E-state index in [1.165, 1.54) is 12.1 Å². The van der Waals surface area contributed by atoms with Crippen LogP contribution in [0.25, 0.3) is 0 Å². The van der Waals surface area contributed by atoms with Crippen LogP contribution in [0, 0.1) is 17.5 Å². The molecular formula is C13H7F6NO. The molecule has 0 saturated carbocycles. The maximum Gasteiger partial charge on any atom is 0.416 e. The molecule has 0 amide bonds. The number of para-hydroxylation sites is 1. The zero-order chi connectivity index (χ0) is 15.8. The van der Waals surface area contributed by atoms with Crippen molar-refractivity contribution in [2.75, 3.05) is 5.73 Å². The van der Waals surface area contributed by atoms with Gasteiger partial charge in [0.1, 0.15) is 0 Å². The Bertz CT molecular complexity index is 640. The van der Waals surface area contributed by atoms with Crippen LogP contribution in [0.5, 0.6) is 11.5 Å². The highest BCUT2D eigenvalue weighted by Crippen LogP contribution is 2.37. The Kier molecular flexibility index (Phi) is 3.71. The van der Waals surface area contributed by atoms with Gasteiger partial charge in [0, 0.05) is 0 Å². The first-order valence-corrected chi connectivity index (χ1v) is 5.48. The Balaban J connectivity index is 2.47. The Labute approximate surface area is 114 Å². The number of anilines is 1. The summed E-state index contributed by atoms with van der Waals surface area (Å²) in [5, 5.41) is 0. The maximum atomic E-state index is 13.6. The van der Waals surface area contributed by atoms with Gasteiger partial charge in [0.25, 0.3) is 0 Å². The van der Waals surface area contributed by atoms with E-state index in [4.69, 9.17) is 5.73 Å². The number of halogens is 6. The average molecular weight is 307 g/mol. The van der Waals surface area contributed by atoms with E-state index in [9.17, 15) is 26.3 Å². The van der Waals surface area contributed by atoms with Crippen molar-refractivity contribution in [1.29, 1.82) is 0 Å². The smallest absolute Gasteiger partial charge is 0.416 e. The van der Waals surface area contributed by atoms with Crippen LogP contribution in [0.1, 0.15) is 5.56 Å². The number of hydrogen-bond acceptors (Lipinski definition) is 2. The van der Waals surface area contributed by atoms with E-state index in [2.05, 4.69) is 4.74 Å². The third-order valence-corrected chi connectivity index (χ3v) is 2.53. The van der Waals surface area contributed by atoms with E-state index < -0.39 is 40.7 Å². The lowest BCUT2D eigenvalue weighted by atomic mass is 10.2. The molecule has 0 fully saturated rings. The number of ether oxygens (including phenoxy) is 1. The van der Waals surface area contributed by atoms with Gasteiger partial charge >= 0.3 is 6.18 Å². The first kappa shape index (κ1) is 15.0. The fraction of sp³-hybridized carbons (Fsp3) is 0.0769. The molecule has 0 spiro atoms. The number of nitrogen functional groups attached to an aromatic ring is 1. The molecule has 0 aliphatic heterocycles. The highest BCUT2D eigenvalue weighted by Gasteiger charge is 2.33. The minimum atomic E-state index is -4.92. The molecule has 0 aliphatic carbocycles. The Hall–Kier alpha value is -2.38.